The van der Waals surface area contributed by atoms with Gasteiger partial charge in [-0.3, -0.25) is 0 Å². The SMILES string of the molecule is CC(C)CCn1ccnc1-c1cccc(I)c1. The molecule has 0 atom stereocenters. The van der Waals surface area contributed by atoms with Gasteiger partial charge in [0.1, 0.15) is 5.82 Å². The van der Waals surface area contributed by atoms with E-state index in [1.165, 1.54) is 15.6 Å². The van der Waals surface area contributed by atoms with Gasteiger partial charge < -0.3 is 4.57 Å². The second-order valence-corrected chi connectivity index (χ2v) is 5.88. The van der Waals surface area contributed by atoms with Crippen molar-refractivity contribution in [3.05, 3.63) is 40.2 Å². The van der Waals surface area contributed by atoms with Crippen molar-refractivity contribution in [3.8, 4) is 11.4 Å². The molecule has 0 fully saturated rings. The molecule has 17 heavy (non-hydrogen) atoms. The highest BCUT2D eigenvalue weighted by Crippen LogP contribution is 2.20. The number of rotatable bonds is 4. The van der Waals surface area contributed by atoms with E-state index in [0.717, 1.165) is 18.3 Å². The van der Waals surface area contributed by atoms with Crippen LogP contribution in [0.1, 0.15) is 20.3 Å². The van der Waals surface area contributed by atoms with E-state index in [2.05, 4.69) is 76.5 Å². The lowest BCUT2D eigenvalue weighted by molar-refractivity contribution is 0.519. The summed E-state index contributed by atoms with van der Waals surface area (Å²) < 4.78 is 3.49. The quantitative estimate of drug-likeness (QED) is 0.763. The fraction of sp³-hybridized carbons (Fsp3) is 0.357. The second-order valence-electron chi connectivity index (χ2n) is 4.64. The summed E-state index contributed by atoms with van der Waals surface area (Å²) in [5, 5.41) is 0. The van der Waals surface area contributed by atoms with Crippen LogP contribution >= 0.6 is 22.6 Å². The molecule has 2 nitrogen and oxygen atoms in total. The molecular weight excluding hydrogens is 323 g/mol. The van der Waals surface area contributed by atoms with Gasteiger partial charge in [0.15, 0.2) is 0 Å². The molecule has 0 amide bonds. The van der Waals surface area contributed by atoms with Gasteiger partial charge in [-0.1, -0.05) is 26.0 Å². The van der Waals surface area contributed by atoms with Crippen LogP contribution in [-0.2, 0) is 6.54 Å². The van der Waals surface area contributed by atoms with Gasteiger partial charge in [0.25, 0.3) is 0 Å². The Kier molecular flexibility index (Phi) is 4.20. The number of hydrogen-bond donors (Lipinski definition) is 0. The van der Waals surface area contributed by atoms with Crippen LogP contribution in [0.15, 0.2) is 36.7 Å². The summed E-state index contributed by atoms with van der Waals surface area (Å²) in [7, 11) is 0. The molecule has 90 valence electrons. The summed E-state index contributed by atoms with van der Waals surface area (Å²) in [6, 6.07) is 8.48. The average molecular weight is 340 g/mol. The molecule has 1 aromatic carbocycles. The predicted molar refractivity (Wildman–Crippen MR) is 79.8 cm³/mol. The summed E-state index contributed by atoms with van der Waals surface area (Å²) in [6.07, 6.45) is 5.14. The topological polar surface area (TPSA) is 17.8 Å². The van der Waals surface area contributed by atoms with Crippen LogP contribution in [0, 0.1) is 9.49 Å². The summed E-state index contributed by atoms with van der Waals surface area (Å²) >= 11 is 2.34. The van der Waals surface area contributed by atoms with Crippen molar-refractivity contribution in [2.75, 3.05) is 0 Å². The van der Waals surface area contributed by atoms with E-state index in [0.29, 0.717) is 0 Å². The number of nitrogens with zero attached hydrogens (tertiary/aromatic N) is 2. The van der Waals surface area contributed by atoms with Crippen LogP contribution in [0.4, 0.5) is 0 Å². The Morgan fingerprint density at radius 2 is 2.18 bits per heavy atom. The van der Waals surface area contributed by atoms with E-state index in [1.807, 2.05) is 6.20 Å². The van der Waals surface area contributed by atoms with Crippen LogP contribution < -0.4 is 0 Å². The first-order valence-corrected chi connectivity index (χ1v) is 7.02. The minimum Gasteiger partial charge on any atom is -0.331 e. The Morgan fingerprint density at radius 3 is 2.88 bits per heavy atom. The van der Waals surface area contributed by atoms with Crippen molar-refractivity contribution in [2.24, 2.45) is 5.92 Å². The monoisotopic (exact) mass is 340 g/mol. The molecule has 0 N–H and O–H groups in total. The van der Waals surface area contributed by atoms with Crippen molar-refractivity contribution in [1.82, 2.24) is 9.55 Å². The molecular formula is C14H17IN2. The van der Waals surface area contributed by atoms with E-state index in [1.54, 1.807) is 0 Å². The summed E-state index contributed by atoms with van der Waals surface area (Å²) in [5.41, 5.74) is 1.20. The van der Waals surface area contributed by atoms with E-state index >= 15 is 0 Å². The lowest BCUT2D eigenvalue weighted by Gasteiger charge is -2.09. The zero-order valence-electron chi connectivity index (χ0n) is 10.2. The molecule has 0 aliphatic carbocycles. The third-order valence-corrected chi connectivity index (χ3v) is 3.42. The van der Waals surface area contributed by atoms with Gasteiger partial charge in [0.2, 0.25) is 0 Å². The van der Waals surface area contributed by atoms with Crippen molar-refractivity contribution in [1.29, 1.82) is 0 Å². The smallest absolute Gasteiger partial charge is 0.139 e. The molecule has 0 unspecified atom stereocenters. The minimum atomic E-state index is 0.723. The standard InChI is InChI=1S/C14H17IN2/c1-11(2)6-8-17-9-7-16-14(17)12-4-3-5-13(15)10-12/h3-5,7,9-11H,6,8H2,1-2H3. The van der Waals surface area contributed by atoms with E-state index < -0.39 is 0 Å². The molecule has 2 rings (SSSR count). The van der Waals surface area contributed by atoms with Gasteiger partial charge in [0.05, 0.1) is 0 Å². The van der Waals surface area contributed by atoms with Crippen LogP contribution in [-0.4, -0.2) is 9.55 Å². The van der Waals surface area contributed by atoms with Crippen molar-refractivity contribution in [2.45, 2.75) is 26.8 Å². The molecule has 2 aromatic rings. The third-order valence-electron chi connectivity index (χ3n) is 2.75. The molecule has 0 saturated heterocycles. The Bertz CT molecular complexity index is 488. The van der Waals surface area contributed by atoms with Crippen LogP contribution in [0.25, 0.3) is 11.4 Å². The fourth-order valence-corrected chi connectivity index (χ4v) is 2.32. The molecule has 1 aromatic heterocycles. The number of aromatic nitrogens is 2. The number of benzene rings is 1. The van der Waals surface area contributed by atoms with Gasteiger partial charge in [0, 0.05) is 28.1 Å². The molecule has 0 aliphatic rings. The highest BCUT2D eigenvalue weighted by Gasteiger charge is 2.06. The number of halogens is 1. The zero-order valence-corrected chi connectivity index (χ0v) is 12.4. The molecule has 0 spiro atoms. The first-order valence-electron chi connectivity index (χ1n) is 5.94. The second kappa shape index (κ2) is 5.67. The van der Waals surface area contributed by atoms with E-state index in [9.17, 15) is 0 Å². The van der Waals surface area contributed by atoms with Crippen molar-refractivity contribution in [3.63, 3.8) is 0 Å². The van der Waals surface area contributed by atoms with Crippen LogP contribution in [0.5, 0.6) is 0 Å². The maximum atomic E-state index is 4.47. The largest absolute Gasteiger partial charge is 0.331 e. The highest BCUT2D eigenvalue weighted by molar-refractivity contribution is 14.1. The van der Waals surface area contributed by atoms with Gasteiger partial charge in [-0.25, -0.2) is 4.98 Å². The lowest BCUT2D eigenvalue weighted by atomic mass is 10.1. The van der Waals surface area contributed by atoms with E-state index in [-0.39, 0.29) is 0 Å². The molecule has 0 saturated carbocycles. The summed E-state index contributed by atoms with van der Waals surface area (Å²) in [6.45, 7) is 5.54. The minimum absolute atomic E-state index is 0.723. The van der Waals surface area contributed by atoms with Crippen molar-refractivity contribution < 1.29 is 0 Å². The van der Waals surface area contributed by atoms with Crippen LogP contribution in [0.3, 0.4) is 0 Å². The maximum Gasteiger partial charge on any atom is 0.139 e. The Labute approximate surface area is 116 Å². The molecule has 1 heterocycles. The van der Waals surface area contributed by atoms with Gasteiger partial charge in [-0.15, -0.1) is 0 Å². The molecule has 0 bridgehead atoms. The normalized spacial score (nSPS) is 11.1. The molecule has 3 heteroatoms. The van der Waals surface area contributed by atoms with Gasteiger partial charge >= 0.3 is 0 Å². The number of imidazole rings is 1. The van der Waals surface area contributed by atoms with Gasteiger partial charge in [-0.05, 0) is 47.1 Å². The first-order chi connectivity index (χ1) is 8.16. The Hall–Kier alpha value is -0.840. The lowest BCUT2D eigenvalue weighted by Crippen LogP contribution is -2.02. The van der Waals surface area contributed by atoms with Gasteiger partial charge in [-0.2, -0.15) is 0 Å². The molecule has 0 radical (unpaired) electrons. The molecule has 0 aliphatic heterocycles. The summed E-state index contributed by atoms with van der Waals surface area (Å²) in [4.78, 5) is 4.47. The number of aryl methyl sites for hydroxylation is 1. The highest BCUT2D eigenvalue weighted by atomic mass is 127. The predicted octanol–water partition coefficient (Wildman–Crippen LogP) is 4.20. The first kappa shape index (κ1) is 12.6. The Balaban J connectivity index is 2.24. The van der Waals surface area contributed by atoms with Crippen LogP contribution in [0.2, 0.25) is 0 Å². The Morgan fingerprint density at radius 1 is 1.35 bits per heavy atom. The summed E-state index contributed by atoms with van der Waals surface area (Å²) in [5.74, 6) is 1.80. The van der Waals surface area contributed by atoms with Crippen molar-refractivity contribution >= 4 is 22.6 Å². The third kappa shape index (κ3) is 3.31. The van der Waals surface area contributed by atoms with E-state index in [4.69, 9.17) is 0 Å². The number of hydrogen-bond acceptors (Lipinski definition) is 1. The maximum absolute atomic E-state index is 4.47. The zero-order chi connectivity index (χ0) is 12.3. The fourth-order valence-electron chi connectivity index (χ4n) is 1.77. The average Bonchev–Trinajstić information content (AvgIpc) is 2.74.